The van der Waals surface area contributed by atoms with Gasteiger partial charge in [0, 0.05) is 17.9 Å². The zero-order chi connectivity index (χ0) is 20.3. The van der Waals surface area contributed by atoms with Crippen molar-refractivity contribution in [1.82, 2.24) is 4.90 Å². The minimum Gasteiger partial charge on any atom is -0.493 e. The third-order valence-electron chi connectivity index (χ3n) is 5.04. The summed E-state index contributed by atoms with van der Waals surface area (Å²) in [6, 6.07) is 5.36. The van der Waals surface area contributed by atoms with Gasteiger partial charge >= 0.3 is 5.97 Å². The first-order chi connectivity index (χ1) is 13.5. The predicted molar refractivity (Wildman–Crippen MR) is 103 cm³/mol. The molecule has 1 fully saturated rings. The standard InChI is InChI=1S/C21H25NO6/c1-13-18(21(24)27-4)16(20(23)22(13)12-15-8-6-10-28-15)11-14-7-5-9-17(25-2)19(14)26-3/h5,7,9,11,15H,6,8,10,12H2,1-4H3. The van der Waals surface area contributed by atoms with Crippen LogP contribution < -0.4 is 9.47 Å². The van der Waals surface area contributed by atoms with Crippen LogP contribution in [0.25, 0.3) is 6.08 Å². The fraction of sp³-hybridized carbons (Fsp3) is 0.429. The largest absolute Gasteiger partial charge is 0.493 e. The zero-order valence-electron chi connectivity index (χ0n) is 16.6. The van der Waals surface area contributed by atoms with Crippen LogP contribution in [0.5, 0.6) is 11.5 Å². The molecule has 0 aromatic heterocycles. The zero-order valence-corrected chi connectivity index (χ0v) is 16.6. The molecule has 0 N–H and O–H groups in total. The van der Waals surface area contributed by atoms with E-state index in [2.05, 4.69) is 0 Å². The van der Waals surface area contributed by atoms with Crippen LogP contribution in [0.4, 0.5) is 0 Å². The van der Waals surface area contributed by atoms with Crippen molar-refractivity contribution in [2.75, 3.05) is 34.5 Å². The highest BCUT2D eigenvalue weighted by molar-refractivity contribution is 6.16. The first-order valence-corrected chi connectivity index (χ1v) is 9.17. The van der Waals surface area contributed by atoms with Crippen molar-refractivity contribution >= 4 is 18.0 Å². The van der Waals surface area contributed by atoms with Gasteiger partial charge in [-0.15, -0.1) is 0 Å². The minimum absolute atomic E-state index is 0.0245. The van der Waals surface area contributed by atoms with Gasteiger partial charge in [-0.05, 0) is 31.9 Å². The molecular weight excluding hydrogens is 362 g/mol. The first-order valence-electron chi connectivity index (χ1n) is 9.17. The van der Waals surface area contributed by atoms with Gasteiger partial charge in [-0.1, -0.05) is 12.1 Å². The summed E-state index contributed by atoms with van der Waals surface area (Å²) >= 11 is 0. The van der Waals surface area contributed by atoms with Crippen LogP contribution in [-0.2, 0) is 19.1 Å². The number of amides is 1. The first kappa shape index (κ1) is 19.9. The lowest BCUT2D eigenvalue weighted by Crippen LogP contribution is -2.33. The third kappa shape index (κ3) is 3.62. The number of hydrogen-bond donors (Lipinski definition) is 0. The number of ether oxygens (including phenoxy) is 4. The van der Waals surface area contributed by atoms with E-state index in [1.807, 2.05) is 0 Å². The summed E-state index contributed by atoms with van der Waals surface area (Å²) in [6.45, 7) is 2.86. The number of hydrogen-bond acceptors (Lipinski definition) is 6. The fourth-order valence-corrected chi connectivity index (χ4v) is 3.62. The van der Waals surface area contributed by atoms with Gasteiger partial charge in [-0.2, -0.15) is 0 Å². The van der Waals surface area contributed by atoms with Crippen molar-refractivity contribution in [3.05, 3.63) is 40.6 Å². The Hall–Kier alpha value is -2.80. The summed E-state index contributed by atoms with van der Waals surface area (Å²) in [4.78, 5) is 27.2. The maximum absolute atomic E-state index is 13.2. The smallest absolute Gasteiger partial charge is 0.340 e. The van der Waals surface area contributed by atoms with Crippen LogP contribution in [0.3, 0.4) is 0 Å². The second-order valence-electron chi connectivity index (χ2n) is 6.64. The Balaban J connectivity index is 2.04. The molecule has 3 rings (SSSR count). The van der Waals surface area contributed by atoms with Crippen LogP contribution in [-0.4, -0.2) is 57.4 Å². The predicted octanol–water partition coefficient (Wildman–Crippen LogP) is 2.56. The summed E-state index contributed by atoms with van der Waals surface area (Å²) in [6.07, 6.45) is 3.49. The molecule has 1 atom stereocenters. The van der Waals surface area contributed by atoms with E-state index < -0.39 is 5.97 Å². The monoisotopic (exact) mass is 387 g/mol. The number of benzene rings is 1. The van der Waals surface area contributed by atoms with E-state index in [4.69, 9.17) is 18.9 Å². The van der Waals surface area contributed by atoms with E-state index in [9.17, 15) is 9.59 Å². The molecule has 0 radical (unpaired) electrons. The lowest BCUT2D eigenvalue weighted by molar-refractivity contribution is -0.136. The average molecular weight is 387 g/mol. The Morgan fingerprint density at radius 1 is 1.29 bits per heavy atom. The number of nitrogens with zero attached hydrogens (tertiary/aromatic N) is 1. The molecule has 2 aliphatic rings. The van der Waals surface area contributed by atoms with E-state index in [1.165, 1.54) is 14.2 Å². The van der Waals surface area contributed by atoms with E-state index >= 15 is 0 Å². The molecule has 1 aromatic carbocycles. The maximum atomic E-state index is 13.2. The molecule has 7 heteroatoms. The molecule has 28 heavy (non-hydrogen) atoms. The normalized spacial score (nSPS) is 20.9. The molecule has 0 spiro atoms. The van der Waals surface area contributed by atoms with E-state index in [0.29, 0.717) is 35.9 Å². The second-order valence-corrected chi connectivity index (χ2v) is 6.64. The lowest BCUT2D eigenvalue weighted by Gasteiger charge is -2.21. The Morgan fingerprint density at radius 3 is 2.68 bits per heavy atom. The molecule has 7 nitrogen and oxygen atoms in total. The molecule has 1 saturated heterocycles. The van der Waals surface area contributed by atoms with Crippen LogP contribution in [0, 0.1) is 0 Å². The molecule has 1 unspecified atom stereocenters. The van der Waals surface area contributed by atoms with Gasteiger partial charge in [-0.3, -0.25) is 4.79 Å². The molecular formula is C21H25NO6. The number of rotatable bonds is 6. The maximum Gasteiger partial charge on any atom is 0.340 e. The quantitative estimate of drug-likeness (QED) is 0.552. The van der Waals surface area contributed by atoms with Crippen LogP contribution >= 0.6 is 0 Å². The fourth-order valence-electron chi connectivity index (χ4n) is 3.62. The molecule has 0 saturated carbocycles. The number of carbonyl (C=O) groups excluding carboxylic acids is 2. The molecule has 1 aromatic rings. The summed E-state index contributed by atoms with van der Waals surface area (Å²) < 4.78 is 21.4. The molecule has 1 amide bonds. The van der Waals surface area contributed by atoms with Gasteiger partial charge in [-0.25, -0.2) is 4.79 Å². The number of esters is 1. The summed E-state index contributed by atoms with van der Waals surface area (Å²) in [5.74, 6) is 0.232. The molecule has 150 valence electrons. The van der Waals surface area contributed by atoms with Crippen molar-refractivity contribution < 1.29 is 28.5 Å². The number of para-hydroxylation sites is 1. The van der Waals surface area contributed by atoms with Crippen LogP contribution in [0.1, 0.15) is 25.3 Å². The Morgan fingerprint density at radius 2 is 2.07 bits per heavy atom. The van der Waals surface area contributed by atoms with Crippen LogP contribution in [0.15, 0.2) is 35.0 Å². The van der Waals surface area contributed by atoms with Gasteiger partial charge in [0.15, 0.2) is 11.5 Å². The molecule has 0 aliphatic carbocycles. The SMILES string of the molecule is COC(=O)C1=C(C)N(CC2CCCO2)C(=O)C1=Cc1cccc(OC)c1OC. The van der Waals surface area contributed by atoms with Gasteiger partial charge in [0.1, 0.15) is 0 Å². The van der Waals surface area contributed by atoms with Crippen molar-refractivity contribution in [1.29, 1.82) is 0 Å². The number of allylic oxidation sites excluding steroid dienone is 1. The summed E-state index contributed by atoms with van der Waals surface area (Å²) in [7, 11) is 4.38. The highest BCUT2D eigenvalue weighted by Gasteiger charge is 2.38. The van der Waals surface area contributed by atoms with Gasteiger partial charge in [0.25, 0.3) is 5.91 Å². The molecule has 2 heterocycles. The number of carbonyl (C=O) groups is 2. The summed E-state index contributed by atoms with van der Waals surface area (Å²) in [5.41, 5.74) is 1.74. The highest BCUT2D eigenvalue weighted by Crippen LogP contribution is 2.37. The second kappa shape index (κ2) is 8.48. The topological polar surface area (TPSA) is 74.3 Å². The van der Waals surface area contributed by atoms with Crippen molar-refractivity contribution in [2.45, 2.75) is 25.9 Å². The van der Waals surface area contributed by atoms with E-state index in [0.717, 1.165) is 12.8 Å². The molecule has 2 aliphatic heterocycles. The highest BCUT2D eigenvalue weighted by atomic mass is 16.5. The third-order valence-corrected chi connectivity index (χ3v) is 5.04. The van der Waals surface area contributed by atoms with Gasteiger partial charge in [0.2, 0.25) is 0 Å². The average Bonchev–Trinajstić information content (AvgIpc) is 3.30. The van der Waals surface area contributed by atoms with Crippen LogP contribution in [0.2, 0.25) is 0 Å². The Labute approximate surface area is 164 Å². The summed E-state index contributed by atoms with van der Waals surface area (Å²) in [5, 5.41) is 0. The van der Waals surface area contributed by atoms with Crippen molar-refractivity contribution in [3.8, 4) is 11.5 Å². The van der Waals surface area contributed by atoms with E-state index in [1.54, 1.807) is 43.2 Å². The van der Waals surface area contributed by atoms with Crippen molar-refractivity contribution in [3.63, 3.8) is 0 Å². The minimum atomic E-state index is -0.547. The Kier molecular flexibility index (Phi) is 6.04. The van der Waals surface area contributed by atoms with Gasteiger partial charge in [0.05, 0.1) is 45.1 Å². The van der Waals surface area contributed by atoms with E-state index in [-0.39, 0.29) is 23.2 Å². The van der Waals surface area contributed by atoms with Gasteiger partial charge < -0.3 is 23.8 Å². The molecule has 0 bridgehead atoms. The Bertz CT molecular complexity index is 835. The number of methoxy groups -OCH3 is 3. The lowest BCUT2D eigenvalue weighted by atomic mass is 10.0. The van der Waals surface area contributed by atoms with Crippen molar-refractivity contribution in [2.24, 2.45) is 0 Å².